The third-order valence-electron chi connectivity index (χ3n) is 2.04. The van der Waals surface area contributed by atoms with E-state index in [9.17, 15) is 9.59 Å². The van der Waals surface area contributed by atoms with Gasteiger partial charge >= 0.3 is 0 Å². The van der Waals surface area contributed by atoms with Crippen molar-refractivity contribution in [1.82, 2.24) is 10.4 Å². The summed E-state index contributed by atoms with van der Waals surface area (Å²) in [7, 11) is 3.13. The highest BCUT2D eigenvalue weighted by atomic mass is 33.1. The van der Waals surface area contributed by atoms with E-state index in [4.69, 9.17) is 5.84 Å². The molecule has 5 nitrogen and oxygen atoms in total. The molecule has 0 unspecified atom stereocenters. The summed E-state index contributed by atoms with van der Waals surface area (Å²) in [5, 5.41) is 0.928. The third-order valence-corrected chi connectivity index (χ3v) is 4.30. The summed E-state index contributed by atoms with van der Waals surface area (Å²) in [5.74, 6) is 5.40. The molecule has 0 aromatic carbocycles. The van der Waals surface area contributed by atoms with Crippen LogP contribution in [0.2, 0.25) is 0 Å². The number of hydrogen-bond acceptors (Lipinski definition) is 6. The van der Waals surface area contributed by atoms with Crippen LogP contribution in [0, 0.1) is 0 Å². The molecular weight excluding hydrogens is 270 g/mol. The van der Waals surface area contributed by atoms with Crippen molar-refractivity contribution >= 4 is 33.3 Å². The number of nitrogens with one attached hydrogen (secondary N) is 1. The zero-order valence-corrected chi connectivity index (χ0v) is 11.4. The Balaban J connectivity index is 2.07. The first-order valence-electron chi connectivity index (χ1n) is 5.44. The molecule has 0 bridgehead atoms. The lowest BCUT2D eigenvalue weighted by Gasteiger charge is -2.01. The van der Waals surface area contributed by atoms with E-state index < -0.39 is 0 Å². The molecular formula is C11H15N3O2S2. The highest BCUT2D eigenvalue weighted by Gasteiger charge is 2.06. The second kappa shape index (κ2) is 8.96. The monoisotopic (exact) mass is 285 g/mol. The van der Waals surface area contributed by atoms with E-state index in [-0.39, 0.29) is 24.5 Å². The minimum absolute atomic E-state index is 0.0766. The molecule has 1 aromatic rings. The number of ketones is 1. The van der Waals surface area contributed by atoms with Gasteiger partial charge in [0.1, 0.15) is 10.8 Å². The van der Waals surface area contributed by atoms with Gasteiger partial charge in [-0.25, -0.2) is 10.8 Å². The molecule has 0 fully saturated rings. The van der Waals surface area contributed by atoms with Crippen molar-refractivity contribution < 1.29 is 9.59 Å². The number of carbonyl (C=O) groups is 2. The van der Waals surface area contributed by atoms with E-state index in [0.717, 1.165) is 5.03 Å². The Bertz CT molecular complexity index is 387. The highest BCUT2D eigenvalue weighted by molar-refractivity contribution is 8.76. The van der Waals surface area contributed by atoms with E-state index in [0.29, 0.717) is 12.2 Å². The van der Waals surface area contributed by atoms with Gasteiger partial charge in [0.25, 0.3) is 0 Å². The van der Waals surface area contributed by atoms with Gasteiger partial charge in [0.05, 0.1) is 0 Å². The molecule has 0 spiro atoms. The second-order valence-corrected chi connectivity index (χ2v) is 5.87. The Labute approximate surface area is 114 Å². The molecule has 0 aliphatic heterocycles. The van der Waals surface area contributed by atoms with Crippen molar-refractivity contribution in [2.45, 2.75) is 24.3 Å². The number of Topliss-reactive ketones (excluding diaryl/α,β-unsaturated/α-hetero) is 1. The van der Waals surface area contributed by atoms with Crippen LogP contribution in [-0.4, -0.2) is 22.4 Å². The lowest BCUT2D eigenvalue weighted by molar-refractivity contribution is -0.125. The second-order valence-electron chi connectivity index (χ2n) is 3.43. The first-order chi connectivity index (χ1) is 8.72. The largest absolute Gasteiger partial charge is 0.300 e. The van der Waals surface area contributed by atoms with Crippen LogP contribution in [0.25, 0.3) is 0 Å². The van der Waals surface area contributed by atoms with E-state index in [2.05, 4.69) is 4.98 Å². The first kappa shape index (κ1) is 15.0. The van der Waals surface area contributed by atoms with Crippen molar-refractivity contribution in [3.63, 3.8) is 0 Å². The number of rotatable bonds is 8. The number of nitrogens with two attached hydrogens (primary N) is 1. The molecule has 0 saturated carbocycles. The zero-order valence-electron chi connectivity index (χ0n) is 9.80. The smallest absolute Gasteiger partial charge is 0.234 e. The summed E-state index contributed by atoms with van der Waals surface area (Å²) in [4.78, 5) is 26.4. The van der Waals surface area contributed by atoms with Crippen LogP contribution >= 0.6 is 21.6 Å². The lowest BCUT2D eigenvalue weighted by Crippen LogP contribution is -2.30. The molecule has 0 atom stereocenters. The molecule has 1 amide bonds. The average molecular weight is 285 g/mol. The number of carbonyl (C=O) groups excluding carboxylic acids is 2. The minimum Gasteiger partial charge on any atom is -0.300 e. The molecule has 1 rings (SSSR count). The van der Waals surface area contributed by atoms with Gasteiger partial charge in [-0.15, -0.1) is 0 Å². The predicted molar refractivity (Wildman–Crippen MR) is 73.7 cm³/mol. The molecule has 18 heavy (non-hydrogen) atoms. The standard InChI is InChI=1S/C11H15N3O2S2/c12-14-10(16)5-4-9(15)6-8-17-18-11-3-1-2-7-13-11/h1-3,7H,4-6,8,12H2,(H,14,16). The van der Waals surface area contributed by atoms with Gasteiger partial charge < -0.3 is 0 Å². The molecule has 1 aromatic heterocycles. The Hall–Kier alpha value is -1.05. The van der Waals surface area contributed by atoms with Crippen LogP contribution in [-0.2, 0) is 9.59 Å². The SMILES string of the molecule is NNC(=O)CCC(=O)CCSSc1ccccn1. The summed E-state index contributed by atoms with van der Waals surface area (Å²) in [6.45, 7) is 0. The molecule has 1 heterocycles. The summed E-state index contributed by atoms with van der Waals surface area (Å²) in [6, 6.07) is 5.71. The Morgan fingerprint density at radius 3 is 2.78 bits per heavy atom. The van der Waals surface area contributed by atoms with E-state index in [1.807, 2.05) is 23.6 Å². The number of nitrogens with zero attached hydrogens (tertiary/aromatic N) is 1. The van der Waals surface area contributed by atoms with Gasteiger partial charge in [0.2, 0.25) is 5.91 Å². The third kappa shape index (κ3) is 6.63. The van der Waals surface area contributed by atoms with Crippen molar-refractivity contribution in [2.75, 3.05) is 5.75 Å². The van der Waals surface area contributed by atoms with Crippen LogP contribution in [0.4, 0.5) is 0 Å². The van der Waals surface area contributed by atoms with Crippen LogP contribution in [0.1, 0.15) is 19.3 Å². The summed E-state index contributed by atoms with van der Waals surface area (Å²) < 4.78 is 0. The maximum atomic E-state index is 11.4. The number of pyridine rings is 1. The summed E-state index contributed by atoms with van der Waals surface area (Å²) in [5.41, 5.74) is 2.00. The molecule has 7 heteroatoms. The zero-order chi connectivity index (χ0) is 13.2. The van der Waals surface area contributed by atoms with Crippen molar-refractivity contribution in [2.24, 2.45) is 5.84 Å². The molecule has 0 aliphatic rings. The molecule has 0 saturated heterocycles. The van der Waals surface area contributed by atoms with Crippen LogP contribution in [0.15, 0.2) is 29.4 Å². The van der Waals surface area contributed by atoms with Gasteiger partial charge in [-0.05, 0) is 22.9 Å². The van der Waals surface area contributed by atoms with Crippen LogP contribution in [0.3, 0.4) is 0 Å². The normalized spacial score (nSPS) is 10.1. The quantitative estimate of drug-likeness (QED) is 0.248. The number of aromatic nitrogens is 1. The van der Waals surface area contributed by atoms with Crippen molar-refractivity contribution in [3.8, 4) is 0 Å². The van der Waals surface area contributed by atoms with Gasteiger partial charge in [-0.3, -0.25) is 15.0 Å². The summed E-state index contributed by atoms with van der Waals surface area (Å²) in [6.07, 6.45) is 2.60. The molecule has 0 aliphatic carbocycles. The highest BCUT2D eigenvalue weighted by Crippen LogP contribution is 2.29. The van der Waals surface area contributed by atoms with Gasteiger partial charge in [-0.2, -0.15) is 0 Å². The van der Waals surface area contributed by atoms with Gasteiger partial charge in [-0.1, -0.05) is 16.9 Å². The molecule has 98 valence electrons. The van der Waals surface area contributed by atoms with Crippen LogP contribution < -0.4 is 11.3 Å². The first-order valence-corrected chi connectivity index (χ1v) is 7.76. The topological polar surface area (TPSA) is 85.1 Å². The molecule has 0 radical (unpaired) electrons. The Morgan fingerprint density at radius 1 is 1.28 bits per heavy atom. The fourth-order valence-electron chi connectivity index (χ4n) is 1.10. The fraction of sp³-hybridized carbons (Fsp3) is 0.364. The number of hydrazine groups is 1. The summed E-state index contributed by atoms with van der Waals surface area (Å²) >= 11 is 0. The van der Waals surface area contributed by atoms with E-state index >= 15 is 0 Å². The Kier molecular flexibility index (Phi) is 7.47. The maximum Gasteiger partial charge on any atom is 0.234 e. The fourth-order valence-corrected chi connectivity index (χ4v) is 3.02. The average Bonchev–Trinajstić information content (AvgIpc) is 2.42. The van der Waals surface area contributed by atoms with Crippen molar-refractivity contribution in [1.29, 1.82) is 0 Å². The minimum atomic E-state index is -0.307. The maximum absolute atomic E-state index is 11.4. The van der Waals surface area contributed by atoms with Crippen molar-refractivity contribution in [3.05, 3.63) is 24.4 Å². The van der Waals surface area contributed by atoms with Gasteiger partial charge in [0, 0.05) is 31.2 Å². The van der Waals surface area contributed by atoms with Gasteiger partial charge in [0.15, 0.2) is 0 Å². The number of amides is 1. The van der Waals surface area contributed by atoms with Crippen LogP contribution in [0.5, 0.6) is 0 Å². The Morgan fingerprint density at radius 2 is 2.11 bits per heavy atom. The lowest BCUT2D eigenvalue weighted by atomic mass is 10.2. The van der Waals surface area contributed by atoms with E-state index in [1.54, 1.807) is 27.8 Å². The van der Waals surface area contributed by atoms with E-state index in [1.165, 1.54) is 0 Å². The predicted octanol–water partition coefficient (Wildman–Crippen LogP) is 1.55. The molecule has 3 N–H and O–H groups in total. The number of hydrogen-bond donors (Lipinski definition) is 2.